The zero-order valence-electron chi connectivity index (χ0n) is 15.8. The van der Waals surface area contributed by atoms with Gasteiger partial charge in [0.2, 0.25) is 0 Å². The summed E-state index contributed by atoms with van der Waals surface area (Å²) < 4.78 is 26.0. The molecule has 0 atom stereocenters. The van der Waals surface area contributed by atoms with Crippen LogP contribution >= 0.6 is 0 Å². The molecule has 0 bridgehead atoms. The molecule has 0 spiro atoms. The Bertz CT molecular complexity index is 1100. The van der Waals surface area contributed by atoms with Crippen LogP contribution in [-0.2, 0) is 22.8 Å². The average molecular weight is 396 g/mol. The van der Waals surface area contributed by atoms with Crippen LogP contribution in [0, 0.1) is 0 Å². The molecule has 4 rings (SSSR count). The maximum absolute atomic E-state index is 13.0. The average Bonchev–Trinajstić information content (AvgIpc) is 2.94. The van der Waals surface area contributed by atoms with Gasteiger partial charge >= 0.3 is 0 Å². The molecule has 0 aliphatic carbocycles. The van der Waals surface area contributed by atoms with Crippen molar-refractivity contribution in [1.82, 2.24) is 4.98 Å². The first-order valence-electron chi connectivity index (χ1n) is 9.73. The Labute approximate surface area is 166 Å². The third kappa shape index (κ3) is 3.75. The molecule has 0 fully saturated rings. The monoisotopic (exact) mass is 395 g/mol. The lowest BCUT2D eigenvalue weighted by Gasteiger charge is -2.23. The summed E-state index contributed by atoms with van der Waals surface area (Å²) in [5, 5.41) is 0.679. The number of fused-ring (bicyclic) bond motifs is 2. The Morgan fingerprint density at radius 2 is 1.79 bits per heavy atom. The van der Waals surface area contributed by atoms with Crippen LogP contribution in [0.4, 0.5) is 5.82 Å². The summed E-state index contributed by atoms with van der Waals surface area (Å²) in [4.78, 5) is 7.36. The molecule has 0 unspecified atom stereocenters. The van der Waals surface area contributed by atoms with E-state index in [9.17, 15) is 8.42 Å². The van der Waals surface area contributed by atoms with E-state index < -0.39 is 9.84 Å². The second kappa shape index (κ2) is 7.89. The molecule has 1 aromatic heterocycles. The lowest BCUT2D eigenvalue weighted by Crippen LogP contribution is -2.24. The molecule has 2 heterocycles. The number of aryl methyl sites for hydroxylation is 1. The number of aromatic nitrogens is 1. The number of pyridine rings is 1. The van der Waals surface area contributed by atoms with E-state index in [1.807, 2.05) is 24.3 Å². The van der Waals surface area contributed by atoms with Crippen LogP contribution < -0.4 is 10.6 Å². The quantitative estimate of drug-likeness (QED) is 0.717. The molecule has 6 heteroatoms. The van der Waals surface area contributed by atoms with E-state index in [0.717, 1.165) is 31.7 Å². The summed E-state index contributed by atoms with van der Waals surface area (Å²) in [6, 6.07) is 17.7. The van der Waals surface area contributed by atoms with E-state index in [2.05, 4.69) is 29.2 Å². The number of nitrogens with two attached hydrogens (primary N) is 1. The van der Waals surface area contributed by atoms with Gasteiger partial charge in [-0.1, -0.05) is 42.5 Å². The first kappa shape index (κ1) is 18.9. The van der Waals surface area contributed by atoms with Crippen molar-refractivity contribution in [2.24, 2.45) is 5.73 Å². The molecule has 28 heavy (non-hydrogen) atoms. The van der Waals surface area contributed by atoms with Crippen molar-refractivity contribution in [1.29, 1.82) is 0 Å². The van der Waals surface area contributed by atoms with Crippen LogP contribution in [-0.4, -0.2) is 32.2 Å². The minimum Gasteiger partial charge on any atom is -0.352 e. The minimum absolute atomic E-state index is 0.0553. The molecule has 2 aromatic carbocycles. The zero-order valence-corrected chi connectivity index (χ0v) is 16.7. The second-order valence-electron chi connectivity index (χ2n) is 7.25. The topological polar surface area (TPSA) is 76.3 Å². The number of rotatable bonds is 5. The molecule has 146 valence electrons. The summed E-state index contributed by atoms with van der Waals surface area (Å²) in [6.07, 6.45) is 2.49. The largest absolute Gasteiger partial charge is 0.352 e. The maximum Gasteiger partial charge on any atom is 0.179 e. The van der Waals surface area contributed by atoms with Crippen LogP contribution in [0.2, 0.25) is 0 Å². The van der Waals surface area contributed by atoms with E-state index in [-0.39, 0.29) is 5.75 Å². The summed E-state index contributed by atoms with van der Waals surface area (Å²) in [7, 11) is -3.43. The number of benzene rings is 2. The molecule has 1 aliphatic heterocycles. The highest BCUT2D eigenvalue weighted by Crippen LogP contribution is 2.30. The number of hydrogen-bond donors (Lipinski definition) is 1. The summed E-state index contributed by atoms with van der Waals surface area (Å²) in [6.45, 7) is 1.95. The highest BCUT2D eigenvalue weighted by Gasteiger charge is 2.22. The Balaban J connectivity index is 1.80. The molecule has 0 saturated carbocycles. The van der Waals surface area contributed by atoms with E-state index >= 15 is 0 Å². The van der Waals surface area contributed by atoms with Gasteiger partial charge in [0.25, 0.3) is 0 Å². The van der Waals surface area contributed by atoms with Gasteiger partial charge in [0.15, 0.2) is 9.84 Å². The number of hydrogen-bond acceptors (Lipinski definition) is 5. The van der Waals surface area contributed by atoms with Crippen LogP contribution in [0.3, 0.4) is 0 Å². The fraction of sp³-hybridized carbons (Fsp3) is 0.318. The van der Waals surface area contributed by atoms with Crippen LogP contribution in [0.1, 0.15) is 24.0 Å². The third-order valence-corrected chi connectivity index (χ3v) is 7.13. The van der Waals surface area contributed by atoms with Crippen molar-refractivity contribution < 1.29 is 8.42 Å². The van der Waals surface area contributed by atoms with Crippen molar-refractivity contribution in [2.45, 2.75) is 30.7 Å². The Kier molecular flexibility index (Phi) is 5.33. The predicted molar refractivity (Wildman–Crippen MR) is 113 cm³/mol. The molecule has 0 radical (unpaired) electrons. The smallest absolute Gasteiger partial charge is 0.179 e. The van der Waals surface area contributed by atoms with Crippen LogP contribution in [0.25, 0.3) is 10.9 Å². The summed E-state index contributed by atoms with van der Waals surface area (Å²) in [5.41, 5.74) is 8.91. The third-order valence-electron chi connectivity index (χ3n) is 5.29. The first-order chi connectivity index (χ1) is 13.6. The Morgan fingerprint density at radius 3 is 2.61 bits per heavy atom. The van der Waals surface area contributed by atoms with Crippen molar-refractivity contribution in [2.75, 3.05) is 23.7 Å². The van der Waals surface area contributed by atoms with Gasteiger partial charge in [-0.15, -0.1) is 0 Å². The first-order valence-corrected chi connectivity index (χ1v) is 11.4. The van der Waals surface area contributed by atoms with Gasteiger partial charge in [0, 0.05) is 18.5 Å². The molecular weight excluding hydrogens is 370 g/mol. The summed E-state index contributed by atoms with van der Waals surface area (Å²) >= 11 is 0. The fourth-order valence-electron chi connectivity index (χ4n) is 3.83. The van der Waals surface area contributed by atoms with E-state index in [0.29, 0.717) is 28.8 Å². The SMILES string of the molecule is NCCCS(=O)(=O)c1cc(N2CCCc3ccccc3C2)nc2ccccc12. The van der Waals surface area contributed by atoms with Crippen LogP contribution in [0.15, 0.2) is 59.5 Å². The lowest BCUT2D eigenvalue weighted by molar-refractivity contribution is 0.594. The highest BCUT2D eigenvalue weighted by atomic mass is 32.2. The zero-order chi connectivity index (χ0) is 19.6. The van der Waals surface area contributed by atoms with Crippen LogP contribution in [0.5, 0.6) is 0 Å². The fourth-order valence-corrected chi connectivity index (χ4v) is 5.39. The summed E-state index contributed by atoms with van der Waals surface area (Å²) in [5.74, 6) is 0.779. The van der Waals surface area contributed by atoms with Crippen molar-refractivity contribution in [3.8, 4) is 0 Å². The van der Waals surface area contributed by atoms with Gasteiger partial charge in [-0.25, -0.2) is 13.4 Å². The van der Waals surface area contributed by atoms with Crippen molar-refractivity contribution in [3.05, 3.63) is 65.7 Å². The Hall–Kier alpha value is -2.44. The van der Waals surface area contributed by atoms with Crippen molar-refractivity contribution >= 4 is 26.6 Å². The normalized spacial score (nSPS) is 14.7. The van der Waals surface area contributed by atoms with Gasteiger partial charge < -0.3 is 10.6 Å². The molecule has 3 aromatic rings. The second-order valence-corrected chi connectivity index (χ2v) is 9.33. The molecular formula is C22H25N3O2S. The molecule has 0 amide bonds. The van der Waals surface area contributed by atoms with Gasteiger partial charge in [-0.05, 0) is 49.1 Å². The highest BCUT2D eigenvalue weighted by molar-refractivity contribution is 7.91. The minimum atomic E-state index is -3.43. The van der Waals surface area contributed by atoms with E-state index in [1.54, 1.807) is 6.07 Å². The number of anilines is 1. The number of sulfone groups is 1. The maximum atomic E-state index is 13.0. The van der Waals surface area contributed by atoms with Gasteiger partial charge in [-0.3, -0.25) is 0 Å². The van der Waals surface area contributed by atoms with Crippen molar-refractivity contribution in [3.63, 3.8) is 0 Å². The predicted octanol–water partition coefficient (Wildman–Crippen LogP) is 3.31. The van der Waals surface area contributed by atoms with E-state index in [4.69, 9.17) is 10.7 Å². The van der Waals surface area contributed by atoms with Gasteiger partial charge in [0.1, 0.15) is 5.82 Å². The molecule has 2 N–H and O–H groups in total. The lowest BCUT2D eigenvalue weighted by atomic mass is 10.0. The number of nitrogens with zero attached hydrogens (tertiary/aromatic N) is 2. The van der Waals surface area contributed by atoms with Gasteiger partial charge in [-0.2, -0.15) is 0 Å². The standard InChI is InChI=1S/C22H25N3O2S/c23-12-6-14-28(26,27)21-15-22(24-20-11-4-3-10-19(20)21)25-13-5-9-17-7-1-2-8-18(17)16-25/h1-4,7-8,10-11,15H,5-6,9,12-14,16,23H2. The molecule has 5 nitrogen and oxygen atoms in total. The number of para-hydroxylation sites is 1. The Morgan fingerprint density at radius 1 is 1.04 bits per heavy atom. The van der Waals surface area contributed by atoms with Gasteiger partial charge in [0.05, 0.1) is 16.2 Å². The molecule has 0 saturated heterocycles. The van der Waals surface area contributed by atoms with E-state index in [1.165, 1.54) is 11.1 Å². The molecule has 1 aliphatic rings.